The van der Waals surface area contributed by atoms with Gasteiger partial charge < -0.3 is 4.90 Å². The van der Waals surface area contributed by atoms with Gasteiger partial charge in [-0.15, -0.1) is 0 Å². The van der Waals surface area contributed by atoms with E-state index in [2.05, 4.69) is 11.4 Å². The van der Waals surface area contributed by atoms with Gasteiger partial charge in [-0.2, -0.15) is 0 Å². The lowest BCUT2D eigenvalue weighted by molar-refractivity contribution is -0.130. The molecule has 0 spiro atoms. The second-order valence-electron chi connectivity index (χ2n) is 5.74. The molecule has 1 aromatic rings. The number of benzene rings is 1. The predicted octanol–water partition coefficient (Wildman–Crippen LogP) is 1.97. The maximum Gasteiger partial charge on any atom is 0.241 e. The van der Waals surface area contributed by atoms with E-state index in [0.29, 0.717) is 6.54 Å². The molecule has 1 fully saturated rings. The largest absolute Gasteiger partial charge is 0.320 e. The fourth-order valence-corrected chi connectivity index (χ4v) is 3.04. The smallest absolute Gasteiger partial charge is 0.241 e. The van der Waals surface area contributed by atoms with E-state index in [-0.39, 0.29) is 23.4 Å². The van der Waals surface area contributed by atoms with Gasteiger partial charge in [0.05, 0.1) is 6.04 Å². The van der Waals surface area contributed by atoms with Gasteiger partial charge >= 0.3 is 0 Å². The summed E-state index contributed by atoms with van der Waals surface area (Å²) in [5.74, 6) is 0.112. The van der Waals surface area contributed by atoms with Gasteiger partial charge in [-0.05, 0) is 25.8 Å². The first-order chi connectivity index (χ1) is 9.93. The van der Waals surface area contributed by atoms with Gasteiger partial charge in [0.2, 0.25) is 5.91 Å². The Hall–Kier alpha value is -1.20. The van der Waals surface area contributed by atoms with Gasteiger partial charge in [0.1, 0.15) is 6.17 Å². The monoisotopic (exact) mass is 308 g/mol. The zero-order chi connectivity index (χ0) is 15.6. The third-order valence-corrected chi connectivity index (χ3v) is 5.32. The number of carbonyl (C=O) groups is 1. The minimum atomic E-state index is -0.932. The fraction of sp³-hybridized carbons (Fsp3) is 0.562. The Morgan fingerprint density at radius 2 is 2.14 bits per heavy atom. The molecule has 1 N–H and O–H groups in total. The van der Waals surface area contributed by atoms with Crippen molar-refractivity contribution in [1.82, 2.24) is 10.2 Å². The molecule has 1 amide bonds. The molecule has 1 heterocycles. The van der Waals surface area contributed by atoms with Gasteiger partial charge in [-0.3, -0.25) is 14.3 Å². The molecular weight excluding hydrogens is 284 g/mol. The quantitative estimate of drug-likeness (QED) is 0.905. The van der Waals surface area contributed by atoms with E-state index < -0.39 is 10.8 Å². The molecule has 5 heteroatoms. The van der Waals surface area contributed by atoms with Gasteiger partial charge in [-0.1, -0.05) is 36.8 Å². The Labute approximate surface area is 129 Å². The maximum absolute atomic E-state index is 12.5. The predicted molar refractivity (Wildman–Crippen MR) is 86.4 cm³/mol. The van der Waals surface area contributed by atoms with Crippen molar-refractivity contribution in [2.45, 2.75) is 44.6 Å². The minimum Gasteiger partial charge on any atom is -0.320 e. The van der Waals surface area contributed by atoms with E-state index in [1.165, 1.54) is 5.56 Å². The lowest BCUT2D eigenvalue weighted by Crippen LogP contribution is -2.37. The number of hydrogen-bond acceptors (Lipinski definition) is 3. The van der Waals surface area contributed by atoms with Crippen LogP contribution in [-0.4, -0.2) is 39.1 Å². The number of hydrogen-bond donors (Lipinski definition) is 1. The van der Waals surface area contributed by atoms with Crippen molar-refractivity contribution < 1.29 is 9.00 Å². The van der Waals surface area contributed by atoms with Gasteiger partial charge in [0.25, 0.3) is 0 Å². The van der Waals surface area contributed by atoms with Crippen LogP contribution in [0.5, 0.6) is 0 Å². The SMILES string of the molecule is CCC1NC(c2cccc(C)c2)N(CC(C)S(C)=O)C1=O. The van der Waals surface area contributed by atoms with Crippen LogP contribution in [0.2, 0.25) is 0 Å². The van der Waals surface area contributed by atoms with Crippen LogP contribution in [-0.2, 0) is 15.6 Å². The number of nitrogens with one attached hydrogen (secondary N) is 1. The second kappa shape index (κ2) is 6.71. The zero-order valence-electron chi connectivity index (χ0n) is 13.1. The van der Waals surface area contributed by atoms with Crippen molar-refractivity contribution in [1.29, 1.82) is 0 Å². The number of amides is 1. The Morgan fingerprint density at radius 1 is 1.43 bits per heavy atom. The van der Waals surface area contributed by atoms with Crippen LogP contribution in [0.15, 0.2) is 24.3 Å². The van der Waals surface area contributed by atoms with E-state index in [4.69, 9.17) is 0 Å². The molecule has 0 aromatic heterocycles. The number of aryl methyl sites for hydroxylation is 1. The second-order valence-corrected chi connectivity index (χ2v) is 7.55. The zero-order valence-corrected chi connectivity index (χ0v) is 13.9. The summed E-state index contributed by atoms with van der Waals surface area (Å²) in [5, 5.41) is 3.38. The van der Waals surface area contributed by atoms with Crippen molar-refractivity contribution >= 4 is 16.7 Å². The maximum atomic E-state index is 12.5. The summed E-state index contributed by atoms with van der Waals surface area (Å²) in [5.41, 5.74) is 2.27. The van der Waals surface area contributed by atoms with Gasteiger partial charge in [-0.25, -0.2) is 0 Å². The molecule has 4 atom stereocenters. The Bertz CT molecular complexity index is 547. The molecule has 21 heavy (non-hydrogen) atoms. The highest BCUT2D eigenvalue weighted by atomic mass is 32.2. The lowest BCUT2D eigenvalue weighted by Gasteiger charge is -2.27. The summed E-state index contributed by atoms with van der Waals surface area (Å²) in [6.07, 6.45) is 2.34. The molecule has 4 unspecified atom stereocenters. The summed E-state index contributed by atoms with van der Waals surface area (Å²) in [6.45, 7) is 6.50. The average molecular weight is 308 g/mol. The molecule has 1 aliphatic rings. The van der Waals surface area contributed by atoms with Crippen LogP contribution < -0.4 is 5.32 Å². The Balaban J connectivity index is 2.28. The van der Waals surface area contributed by atoms with Crippen LogP contribution >= 0.6 is 0 Å². The van der Waals surface area contributed by atoms with E-state index >= 15 is 0 Å². The van der Waals surface area contributed by atoms with Crippen molar-refractivity contribution in [3.63, 3.8) is 0 Å². The summed E-state index contributed by atoms with van der Waals surface area (Å²) >= 11 is 0. The van der Waals surface area contributed by atoms with E-state index in [0.717, 1.165) is 12.0 Å². The topological polar surface area (TPSA) is 49.4 Å². The average Bonchev–Trinajstić information content (AvgIpc) is 2.75. The van der Waals surface area contributed by atoms with Crippen molar-refractivity contribution in [3.05, 3.63) is 35.4 Å². The molecule has 1 aliphatic heterocycles. The first-order valence-corrected chi connectivity index (χ1v) is 9.01. The molecule has 116 valence electrons. The van der Waals surface area contributed by atoms with Gasteiger partial charge in [0.15, 0.2) is 0 Å². The highest BCUT2D eigenvalue weighted by molar-refractivity contribution is 7.84. The molecule has 0 bridgehead atoms. The first-order valence-electron chi connectivity index (χ1n) is 7.39. The molecule has 2 rings (SSSR count). The standard InChI is InChI=1S/C16H24N2O2S/c1-5-14-16(19)18(10-12(3)21(4)20)15(17-14)13-8-6-7-11(2)9-13/h6-9,12,14-15,17H,5,10H2,1-4H3. The third-order valence-electron chi connectivity index (χ3n) is 4.04. The highest BCUT2D eigenvalue weighted by Crippen LogP contribution is 2.27. The van der Waals surface area contributed by atoms with E-state index in [1.807, 2.05) is 43.9 Å². The number of carbonyl (C=O) groups excluding carboxylic acids is 1. The number of rotatable bonds is 5. The van der Waals surface area contributed by atoms with E-state index in [1.54, 1.807) is 6.26 Å². The van der Waals surface area contributed by atoms with Crippen LogP contribution in [0.1, 0.15) is 37.6 Å². The Kier molecular flexibility index (Phi) is 5.17. The third kappa shape index (κ3) is 3.52. The molecule has 0 aliphatic carbocycles. The lowest BCUT2D eigenvalue weighted by atomic mass is 10.1. The fourth-order valence-electron chi connectivity index (χ4n) is 2.67. The van der Waals surface area contributed by atoms with Crippen molar-refractivity contribution in [2.24, 2.45) is 0 Å². The van der Waals surface area contributed by atoms with Crippen LogP contribution in [0, 0.1) is 6.92 Å². The highest BCUT2D eigenvalue weighted by Gasteiger charge is 2.39. The molecule has 0 saturated carbocycles. The molecular formula is C16H24N2O2S. The summed E-state index contributed by atoms with van der Waals surface area (Å²) in [4.78, 5) is 14.4. The van der Waals surface area contributed by atoms with E-state index in [9.17, 15) is 9.00 Å². The minimum absolute atomic E-state index is 0.0290. The van der Waals surface area contributed by atoms with Crippen LogP contribution in [0.4, 0.5) is 0 Å². The first kappa shape index (κ1) is 16.2. The van der Waals surface area contributed by atoms with Crippen LogP contribution in [0.3, 0.4) is 0 Å². The molecule has 1 saturated heterocycles. The van der Waals surface area contributed by atoms with Gasteiger partial charge in [0, 0.05) is 28.9 Å². The van der Waals surface area contributed by atoms with Crippen LogP contribution in [0.25, 0.3) is 0 Å². The molecule has 4 nitrogen and oxygen atoms in total. The summed E-state index contributed by atoms with van der Waals surface area (Å²) in [7, 11) is -0.932. The normalized spacial score (nSPS) is 25.1. The summed E-state index contributed by atoms with van der Waals surface area (Å²) in [6, 6.07) is 8.05. The Morgan fingerprint density at radius 3 is 2.71 bits per heavy atom. The molecule has 0 radical (unpaired) electrons. The molecule has 1 aromatic carbocycles. The summed E-state index contributed by atoms with van der Waals surface area (Å²) < 4.78 is 11.6. The van der Waals surface area contributed by atoms with Crippen molar-refractivity contribution in [2.75, 3.05) is 12.8 Å². The van der Waals surface area contributed by atoms with Crippen molar-refractivity contribution in [3.8, 4) is 0 Å². The number of nitrogens with zero attached hydrogens (tertiary/aromatic N) is 1.